The van der Waals surface area contributed by atoms with E-state index in [-0.39, 0.29) is 17.1 Å². The monoisotopic (exact) mass is 365 g/mol. The van der Waals surface area contributed by atoms with Gasteiger partial charge in [0, 0.05) is 6.20 Å². The van der Waals surface area contributed by atoms with Gasteiger partial charge in [0.2, 0.25) is 0 Å². The van der Waals surface area contributed by atoms with Crippen LogP contribution in [0.3, 0.4) is 0 Å². The number of aryl methyl sites for hydroxylation is 1. The number of anilines is 2. The van der Waals surface area contributed by atoms with E-state index in [2.05, 4.69) is 4.98 Å². The maximum absolute atomic E-state index is 12.8. The van der Waals surface area contributed by atoms with Crippen LogP contribution in [0.15, 0.2) is 36.7 Å². The number of benzene rings is 1. The van der Waals surface area contributed by atoms with Gasteiger partial charge in [0.05, 0.1) is 23.1 Å². The number of imide groups is 1. The van der Waals surface area contributed by atoms with Crippen LogP contribution in [-0.2, 0) is 17.4 Å². The van der Waals surface area contributed by atoms with Crippen molar-refractivity contribution in [2.24, 2.45) is 0 Å². The molecule has 6 nitrogen and oxygen atoms in total. The van der Waals surface area contributed by atoms with E-state index in [0.717, 1.165) is 22.1 Å². The lowest BCUT2D eigenvalue weighted by Gasteiger charge is -2.18. The molecule has 2 heterocycles. The highest BCUT2D eigenvalue weighted by Gasteiger charge is 2.39. The molecular formula is C17H14F3N3O3. The van der Waals surface area contributed by atoms with Crippen molar-refractivity contribution in [3.05, 3.63) is 47.8 Å². The third-order valence-electron chi connectivity index (χ3n) is 4.03. The summed E-state index contributed by atoms with van der Waals surface area (Å²) in [6, 6.07) is 4.26. The van der Waals surface area contributed by atoms with Crippen LogP contribution in [0, 0.1) is 0 Å². The summed E-state index contributed by atoms with van der Waals surface area (Å²) in [5, 5.41) is 9.73. The van der Waals surface area contributed by atoms with E-state index in [9.17, 15) is 27.9 Å². The fraction of sp³-hybridized carbons (Fsp3) is 0.235. The largest absolute Gasteiger partial charge is 0.508 e. The van der Waals surface area contributed by atoms with Crippen molar-refractivity contribution in [1.82, 2.24) is 4.98 Å². The topological polar surface area (TPSA) is 73.7 Å². The molecule has 0 spiro atoms. The van der Waals surface area contributed by atoms with Crippen LogP contribution in [0.1, 0.15) is 18.1 Å². The number of alkyl halides is 3. The number of rotatable bonds is 3. The molecule has 136 valence electrons. The van der Waals surface area contributed by atoms with Crippen molar-refractivity contribution in [2.75, 3.05) is 16.3 Å². The number of halogens is 3. The second kappa shape index (κ2) is 6.32. The molecule has 9 heteroatoms. The number of pyridine rings is 1. The number of phenols is 1. The Balaban J connectivity index is 1.95. The van der Waals surface area contributed by atoms with E-state index in [0.29, 0.717) is 18.2 Å². The van der Waals surface area contributed by atoms with E-state index in [4.69, 9.17) is 0 Å². The zero-order valence-electron chi connectivity index (χ0n) is 13.6. The molecule has 0 unspecified atom stereocenters. The normalized spacial score (nSPS) is 15.1. The average molecular weight is 365 g/mol. The van der Waals surface area contributed by atoms with Crippen LogP contribution < -0.4 is 9.80 Å². The Kier molecular flexibility index (Phi) is 4.31. The Morgan fingerprint density at radius 1 is 1.15 bits per heavy atom. The summed E-state index contributed by atoms with van der Waals surface area (Å²) in [5.41, 5.74) is -0.332. The van der Waals surface area contributed by atoms with Crippen molar-refractivity contribution in [2.45, 2.75) is 19.5 Å². The van der Waals surface area contributed by atoms with Crippen LogP contribution in [0.25, 0.3) is 0 Å². The minimum atomic E-state index is -4.61. The first-order chi connectivity index (χ1) is 12.2. The van der Waals surface area contributed by atoms with Crippen LogP contribution in [0.5, 0.6) is 5.75 Å². The lowest BCUT2D eigenvalue weighted by Crippen LogP contribution is -2.33. The molecule has 1 aliphatic heterocycles. The number of urea groups is 1. The van der Waals surface area contributed by atoms with Crippen molar-refractivity contribution >= 4 is 23.3 Å². The van der Waals surface area contributed by atoms with E-state index < -0.39 is 30.2 Å². The number of aromatic hydroxyl groups is 1. The molecular weight excluding hydrogens is 351 g/mol. The molecule has 1 saturated heterocycles. The van der Waals surface area contributed by atoms with Gasteiger partial charge < -0.3 is 5.11 Å². The lowest BCUT2D eigenvalue weighted by atomic mass is 10.1. The quantitative estimate of drug-likeness (QED) is 0.847. The van der Waals surface area contributed by atoms with Crippen LogP contribution in [0.4, 0.5) is 29.3 Å². The molecule has 0 bridgehead atoms. The molecule has 1 fully saturated rings. The van der Waals surface area contributed by atoms with Gasteiger partial charge in [-0.05, 0) is 36.2 Å². The SMILES string of the molecule is CCc1cc(N2C(=O)CN(c3cncc(C(F)(F)F)c3)C2=O)ccc1O. The molecule has 3 amide bonds. The molecule has 2 aromatic rings. The summed E-state index contributed by atoms with van der Waals surface area (Å²) in [6.07, 6.45) is -2.38. The molecule has 1 aromatic carbocycles. The number of carbonyl (C=O) groups excluding carboxylic acids is 2. The summed E-state index contributed by atoms with van der Waals surface area (Å²) in [6.45, 7) is 1.40. The molecule has 0 atom stereocenters. The molecule has 1 aromatic heterocycles. The summed E-state index contributed by atoms with van der Waals surface area (Å²) < 4.78 is 38.5. The van der Waals surface area contributed by atoms with E-state index in [1.807, 2.05) is 0 Å². The van der Waals surface area contributed by atoms with E-state index in [1.165, 1.54) is 18.2 Å². The third kappa shape index (κ3) is 3.07. The Morgan fingerprint density at radius 2 is 1.88 bits per heavy atom. The molecule has 0 radical (unpaired) electrons. The minimum absolute atomic E-state index is 0.0364. The van der Waals surface area contributed by atoms with Gasteiger partial charge in [0.1, 0.15) is 12.3 Å². The summed E-state index contributed by atoms with van der Waals surface area (Å²) in [7, 11) is 0. The smallest absolute Gasteiger partial charge is 0.417 e. The van der Waals surface area contributed by atoms with Crippen molar-refractivity contribution < 1.29 is 27.9 Å². The predicted molar refractivity (Wildman–Crippen MR) is 87.0 cm³/mol. The zero-order chi connectivity index (χ0) is 19.1. The number of hydrogen-bond donors (Lipinski definition) is 1. The summed E-state index contributed by atoms with van der Waals surface area (Å²) in [5.74, 6) is -0.547. The summed E-state index contributed by atoms with van der Waals surface area (Å²) >= 11 is 0. The molecule has 0 aliphatic carbocycles. The second-order valence-electron chi connectivity index (χ2n) is 5.69. The molecule has 1 aliphatic rings. The first kappa shape index (κ1) is 17.7. The maximum atomic E-state index is 12.8. The number of phenolic OH excluding ortho intramolecular Hbond substituents is 1. The zero-order valence-corrected chi connectivity index (χ0v) is 13.6. The second-order valence-corrected chi connectivity index (χ2v) is 5.69. The number of nitrogens with zero attached hydrogens (tertiary/aromatic N) is 3. The highest BCUT2D eigenvalue weighted by Crippen LogP contribution is 2.33. The van der Waals surface area contributed by atoms with Crippen molar-refractivity contribution in [1.29, 1.82) is 0 Å². The van der Waals surface area contributed by atoms with Gasteiger partial charge in [-0.1, -0.05) is 6.92 Å². The van der Waals surface area contributed by atoms with E-state index >= 15 is 0 Å². The van der Waals surface area contributed by atoms with Crippen LogP contribution in [0.2, 0.25) is 0 Å². The number of aromatic nitrogens is 1. The number of carbonyl (C=O) groups is 2. The fourth-order valence-corrected chi connectivity index (χ4v) is 2.68. The maximum Gasteiger partial charge on any atom is 0.417 e. The lowest BCUT2D eigenvalue weighted by molar-refractivity contribution is -0.137. The van der Waals surface area contributed by atoms with Gasteiger partial charge in [0.15, 0.2) is 0 Å². The Bertz CT molecular complexity index is 883. The minimum Gasteiger partial charge on any atom is -0.508 e. The first-order valence-electron chi connectivity index (χ1n) is 7.71. The summed E-state index contributed by atoms with van der Waals surface area (Å²) in [4.78, 5) is 30.2. The van der Waals surface area contributed by atoms with Gasteiger partial charge in [-0.15, -0.1) is 0 Å². The fourth-order valence-electron chi connectivity index (χ4n) is 2.68. The van der Waals surface area contributed by atoms with Gasteiger partial charge >= 0.3 is 12.2 Å². The van der Waals surface area contributed by atoms with Crippen LogP contribution >= 0.6 is 0 Å². The number of hydrogen-bond acceptors (Lipinski definition) is 4. The van der Waals surface area contributed by atoms with Gasteiger partial charge in [-0.2, -0.15) is 13.2 Å². The Morgan fingerprint density at radius 3 is 2.54 bits per heavy atom. The van der Waals surface area contributed by atoms with E-state index in [1.54, 1.807) is 6.92 Å². The number of amides is 3. The standard InChI is InChI=1S/C17H14F3N3O3/c1-2-10-5-12(3-4-14(10)24)23-15(25)9-22(16(23)26)13-6-11(7-21-8-13)17(18,19)20/h3-8,24H,2,9H2,1H3. The van der Waals surface area contributed by atoms with Gasteiger partial charge in [-0.25, -0.2) is 9.69 Å². The van der Waals surface area contributed by atoms with Gasteiger partial charge in [0.25, 0.3) is 5.91 Å². The molecule has 0 saturated carbocycles. The average Bonchev–Trinajstić information content (AvgIpc) is 2.89. The molecule has 3 rings (SSSR count). The highest BCUT2D eigenvalue weighted by atomic mass is 19.4. The Hall–Kier alpha value is -3.10. The molecule has 1 N–H and O–H groups in total. The van der Waals surface area contributed by atoms with Gasteiger partial charge in [-0.3, -0.25) is 14.7 Å². The highest BCUT2D eigenvalue weighted by molar-refractivity contribution is 6.26. The first-order valence-corrected chi connectivity index (χ1v) is 7.71. The third-order valence-corrected chi connectivity index (χ3v) is 4.03. The Labute approximate surface area is 146 Å². The van der Waals surface area contributed by atoms with Crippen molar-refractivity contribution in [3.63, 3.8) is 0 Å². The molecule has 26 heavy (non-hydrogen) atoms. The van der Waals surface area contributed by atoms with Crippen LogP contribution in [-0.4, -0.2) is 28.6 Å². The predicted octanol–water partition coefficient (Wildman–Crippen LogP) is 3.34. The van der Waals surface area contributed by atoms with Crippen molar-refractivity contribution in [3.8, 4) is 5.75 Å².